The Morgan fingerprint density at radius 3 is 2.12 bits per heavy atom. The molecule has 0 unspecified atom stereocenters. The molecule has 0 N–H and O–H groups in total. The molecule has 0 amide bonds. The molecule has 1 aliphatic rings. The summed E-state index contributed by atoms with van der Waals surface area (Å²) >= 11 is 0. The molecule has 114 valence electrons. The molecular formula is C22H14O2. The molecule has 4 aromatic carbocycles. The molecule has 0 aromatic heterocycles. The van der Waals surface area contributed by atoms with Crippen LogP contribution in [0.5, 0.6) is 0 Å². The van der Waals surface area contributed by atoms with Gasteiger partial charge in [-0.15, -0.1) is 0 Å². The minimum atomic E-state index is 0.758. The second kappa shape index (κ2) is 5.74. The van der Waals surface area contributed by atoms with Crippen molar-refractivity contribution >= 4 is 34.1 Å². The summed E-state index contributed by atoms with van der Waals surface area (Å²) in [6.45, 7) is 0. The van der Waals surface area contributed by atoms with E-state index < -0.39 is 0 Å². The molecule has 0 atom stereocenters. The van der Waals surface area contributed by atoms with E-state index in [0.717, 1.165) is 45.4 Å². The van der Waals surface area contributed by atoms with Gasteiger partial charge >= 0.3 is 0 Å². The molecule has 0 saturated carbocycles. The van der Waals surface area contributed by atoms with E-state index in [9.17, 15) is 9.59 Å². The summed E-state index contributed by atoms with van der Waals surface area (Å²) in [6.07, 6.45) is 1.84. The lowest BCUT2D eigenvalue weighted by Gasteiger charge is -2.20. The maximum absolute atomic E-state index is 10.7. The van der Waals surface area contributed by atoms with Crippen molar-refractivity contribution in [2.24, 2.45) is 0 Å². The number of benzene rings is 5. The van der Waals surface area contributed by atoms with Crippen LogP contribution in [-0.4, -0.2) is 12.6 Å². The van der Waals surface area contributed by atoms with Crippen LogP contribution in [0, 0.1) is 0 Å². The second-order valence-corrected chi connectivity index (χ2v) is 5.73. The number of hydrogen-bond donors (Lipinski definition) is 0. The van der Waals surface area contributed by atoms with Gasteiger partial charge in [-0.1, -0.05) is 72.8 Å². The van der Waals surface area contributed by atoms with Crippen molar-refractivity contribution in [3.63, 3.8) is 0 Å². The normalized spacial score (nSPS) is 10.8. The van der Waals surface area contributed by atoms with E-state index in [-0.39, 0.29) is 0 Å². The Bertz CT molecular complexity index is 1050. The number of hydrogen-bond acceptors (Lipinski definition) is 2. The van der Waals surface area contributed by atoms with Gasteiger partial charge in [0.05, 0.1) is 0 Å². The Morgan fingerprint density at radius 1 is 0.583 bits per heavy atom. The van der Waals surface area contributed by atoms with Gasteiger partial charge in [0, 0.05) is 16.5 Å². The zero-order chi connectivity index (χ0) is 16.5. The molecule has 0 heterocycles. The number of aldehydes is 2. The molecule has 0 saturated heterocycles. The van der Waals surface area contributed by atoms with Crippen LogP contribution in [-0.2, 0) is 0 Å². The van der Waals surface area contributed by atoms with Gasteiger partial charge in [0.2, 0.25) is 0 Å². The molecule has 0 aliphatic heterocycles. The van der Waals surface area contributed by atoms with Crippen LogP contribution in [0.4, 0.5) is 0 Å². The molecule has 24 heavy (non-hydrogen) atoms. The van der Waals surface area contributed by atoms with Crippen LogP contribution < -0.4 is 0 Å². The first kappa shape index (κ1) is 14.3. The molecule has 0 radical (unpaired) electrons. The molecule has 2 bridgehead atoms. The molecule has 0 spiro atoms. The van der Waals surface area contributed by atoms with E-state index in [4.69, 9.17) is 0 Å². The summed E-state index contributed by atoms with van der Waals surface area (Å²) in [5.74, 6) is 0. The average Bonchev–Trinajstić information content (AvgIpc) is 2.64. The number of carbonyl (C=O) groups excluding carboxylic acids is 2. The maximum atomic E-state index is 10.7. The highest BCUT2D eigenvalue weighted by Gasteiger charge is 2.20. The third kappa shape index (κ3) is 2.12. The average molecular weight is 310 g/mol. The highest BCUT2D eigenvalue weighted by atomic mass is 16.1. The van der Waals surface area contributed by atoms with E-state index in [1.165, 1.54) is 10.9 Å². The fourth-order valence-corrected chi connectivity index (χ4v) is 3.28. The van der Waals surface area contributed by atoms with Crippen molar-refractivity contribution in [1.82, 2.24) is 0 Å². The lowest BCUT2D eigenvalue weighted by Crippen LogP contribution is -2.00. The Kier molecular flexibility index (Phi) is 3.43. The quantitative estimate of drug-likeness (QED) is 0.415. The maximum Gasteiger partial charge on any atom is 0.151 e. The van der Waals surface area contributed by atoms with Crippen molar-refractivity contribution in [1.29, 1.82) is 0 Å². The van der Waals surface area contributed by atoms with Gasteiger partial charge in [0.25, 0.3) is 0 Å². The monoisotopic (exact) mass is 310 g/mol. The summed E-state index contributed by atoms with van der Waals surface area (Å²) in [6, 6.07) is 23.8. The molecule has 2 nitrogen and oxygen atoms in total. The van der Waals surface area contributed by atoms with Gasteiger partial charge in [-0.2, -0.15) is 0 Å². The predicted octanol–water partition coefficient (Wildman–Crippen LogP) is 5.29. The number of rotatable bonds is 2. The Labute approximate surface area is 139 Å². The van der Waals surface area contributed by atoms with Crippen LogP contribution in [0.3, 0.4) is 0 Å². The Hall–Kier alpha value is -3.26. The van der Waals surface area contributed by atoms with Gasteiger partial charge in [-0.05, 0) is 27.3 Å². The summed E-state index contributed by atoms with van der Waals surface area (Å²) in [5, 5.41) is 4.45. The molecule has 0 fully saturated rings. The zero-order valence-corrected chi connectivity index (χ0v) is 12.9. The van der Waals surface area contributed by atoms with Crippen LogP contribution in [0.2, 0.25) is 0 Å². The second-order valence-electron chi connectivity index (χ2n) is 5.73. The fraction of sp³-hybridized carbons (Fsp3) is 0. The molecule has 2 heteroatoms. The zero-order valence-electron chi connectivity index (χ0n) is 12.9. The largest absolute Gasteiger partial charge is 0.298 e. The van der Waals surface area contributed by atoms with E-state index in [1.807, 2.05) is 60.7 Å². The first-order valence-corrected chi connectivity index (χ1v) is 7.77. The van der Waals surface area contributed by atoms with E-state index in [2.05, 4.69) is 12.1 Å². The lowest BCUT2D eigenvalue weighted by molar-refractivity contribution is 0.111. The van der Waals surface area contributed by atoms with Crippen LogP contribution in [0.1, 0.15) is 20.7 Å². The molecule has 1 aliphatic carbocycles. The summed E-state index contributed by atoms with van der Waals surface area (Å²) in [7, 11) is 0. The summed E-state index contributed by atoms with van der Waals surface area (Å²) < 4.78 is 0. The third-order valence-corrected chi connectivity index (χ3v) is 4.44. The molecule has 5 rings (SSSR count). The van der Waals surface area contributed by atoms with E-state index in [1.54, 1.807) is 0 Å². The van der Waals surface area contributed by atoms with Crippen molar-refractivity contribution < 1.29 is 9.59 Å². The fourth-order valence-electron chi connectivity index (χ4n) is 3.28. The first-order valence-electron chi connectivity index (χ1n) is 7.77. The van der Waals surface area contributed by atoms with E-state index >= 15 is 0 Å². The Balaban J connectivity index is 0.000000121. The Morgan fingerprint density at radius 2 is 1.33 bits per heavy atom. The van der Waals surface area contributed by atoms with Gasteiger partial charge in [-0.25, -0.2) is 0 Å². The van der Waals surface area contributed by atoms with Crippen molar-refractivity contribution in [2.75, 3.05) is 0 Å². The lowest BCUT2D eigenvalue weighted by atomic mass is 9.82. The highest BCUT2D eigenvalue weighted by Crippen LogP contribution is 2.43. The van der Waals surface area contributed by atoms with Crippen molar-refractivity contribution in [2.45, 2.75) is 0 Å². The van der Waals surface area contributed by atoms with E-state index in [0.29, 0.717) is 0 Å². The van der Waals surface area contributed by atoms with Gasteiger partial charge < -0.3 is 0 Å². The smallest absolute Gasteiger partial charge is 0.151 e. The number of fused-ring (bicyclic) bond motifs is 3. The summed E-state index contributed by atoms with van der Waals surface area (Å²) in [4.78, 5) is 21.3. The first-order chi connectivity index (χ1) is 11.8. The molecular weight excluding hydrogens is 296 g/mol. The van der Waals surface area contributed by atoms with Crippen LogP contribution in [0.25, 0.3) is 32.7 Å². The molecule has 4 aromatic rings. The van der Waals surface area contributed by atoms with Crippen molar-refractivity contribution in [3.05, 3.63) is 83.9 Å². The van der Waals surface area contributed by atoms with Crippen LogP contribution in [0.15, 0.2) is 72.8 Å². The van der Waals surface area contributed by atoms with Gasteiger partial charge in [0.15, 0.2) is 12.6 Å². The van der Waals surface area contributed by atoms with Crippen LogP contribution >= 0.6 is 0 Å². The third-order valence-electron chi connectivity index (χ3n) is 4.44. The summed E-state index contributed by atoms with van der Waals surface area (Å²) in [5.41, 5.74) is 3.97. The SMILES string of the molecule is O=CC1=c2ccc3cccc2c31.O=Cc1cccc2ccccc12. The predicted molar refractivity (Wildman–Crippen MR) is 97.7 cm³/mol. The standard InChI is InChI=1S/C11H6O.C11H8O/c12-6-10-8-5-4-7-2-1-3-9(8)11(7)10;12-8-10-6-3-5-9-4-1-2-7-11(9)10/h1-6H;1-8H. The topological polar surface area (TPSA) is 34.1 Å². The van der Waals surface area contributed by atoms with Gasteiger partial charge in [0.1, 0.15) is 0 Å². The van der Waals surface area contributed by atoms with Crippen molar-refractivity contribution in [3.8, 4) is 11.1 Å². The number of carbonyl (C=O) groups is 2. The minimum Gasteiger partial charge on any atom is -0.298 e. The minimum absolute atomic E-state index is 0.758. The van der Waals surface area contributed by atoms with Gasteiger partial charge in [-0.3, -0.25) is 9.59 Å². The highest BCUT2D eigenvalue weighted by molar-refractivity contribution is 6.19.